The number of carbonyl (C=O) groups excluding carboxylic acids is 2. The number of benzene rings is 1. The molecule has 2 aromatic rings. The van der Waals surface area contributed by atoms with Gasteiger partial charge in [-0.25, -0.2) is 4.98 Å². The van der Waals surface area contributed by atoms with Crippen LogP contribution in [0.1, 0.15) is 34.8 Å². The van der Waals surface area contributed by atoms with E-state index in [0.29, 0.717) is 31.0 Å². The number of pyridine rings is 1. The molecule has 1 aromatic heterocycles. The summed E-state index contributed by atoms with van der Waals surface area (Å²) in [6.45, 7) is 0.788. The molecule has 0 radical (unpaired) electrons. The Morgan fingerprint density at radius 3 is 2.42 bits per heavy atom. The minimum atomic E-state index is -1.19. The first kappa shape index (κ1) is 22.4. The molecule has 4 N–H and O–H groups in total. The van der Waals surface area contributed by atoms with Crippen molar-refractivity contribution in [2.24, 2.45) is 0 Å². The highest BCUT2D eigenvalue weighted by molar-refractivity contribution is 6.30. The lowest BCUT2D eigenvalue weighted by Crippen LogP contribution is -2.40. The normalized spacial score (nSPS) is 14.2. The van der Waals surface area contributed by atoms with Crippen LogP contribution in [-0.2, 0) is 9.59 Å². The summed E-state index contributed by atoms with van der Waals surface area (Å²) in [6, 6.07) is 8.61. The fourth-order valence-corrected chi connectivity index (χ4v) is 3.55. The Bertz CT molecular complexity index is 959. The molecule has 0 bridgehead atoms. The van der Waals surface area contributed by atoms with Crippen LogP contribution in [0.5, 0.6) is 5.75 Å². The number of anilines is 1. The number of amides is 2. The molecule has 10 heteroatoms. The number of hydrogen-bond donors (Lipinski definition) is 4. The van der Waals surface area contributed by atoms with E-state index in [-0.39, 0.29) is 29.8 Å². The molecule has 9 nitrogen and oxygen atoms in total. The molecule has 1 aliphatic rings. The number of aliphatic carboxylic acids is 1. The lowest BCUT2D eigenvalue weighted by molar-refractivity contribution is -0.135. The molecular formula is C21H23ClN4O5. The molecule has 0 aliphatic carbocycles. The van der Waals surface area contributed by atoms with E-state index >= 15 is 0 Å². The zero-order chi connectivity index (χ0) is 22.4. The molecule has 0 atom stereocenters. The Labute approximate surface area is 184 Å². The third-order valence-corrected chi connectivity index (χ3v) is 5.36. The first-order valence-corrected chi connectivity index (χ1v) is 10.2. The van der Waals surface area contributed by atoms with Gasteiger partial charge in [0.05, 0.1) is 6.54 Å². The van der Waals surface area contributed by atoms with Gasteiger partial charge < -0.3 is 25.7 Å². The quantitative estimate of drug-likeness (QED) is 0.511. The van der Waals surface area contributed by atoms with Gasteiger partial charge in [-0.05, 0) is 54.7 Å². The zero-order valence-electron chi connectivity index (χ0n) is 16.7. The molecule has 1 fully saturated rings. The molecule has 2 heterocycles. The van der Waals surface area contributed by atoms with Gasteiger partial charge in [-0.2, -0.15) is 0 Å². The highest BCUT2D eigenvalue weighted by Gasteiger charge is 2.25. The summed E-state index contributed by atoms with van der Waals surface area (Å²) < 4.78 is 0. The first-order valence-electron chi connectivity index (χ1n) is 9.79. The van der Waals surface area contributed by atoms with E-state index < -0.39 is 18.4 Å². The molecule has 0 spiro atoms. The molecular weight excluding hydrogens is 424 g/mol. The van der Waals surface area contributed by atoms with Gasteiger partial charge in [0.25, 0.3) is 5.91 Å². The van der Waals surface area contributed by atoms with Gasteiger partial charge in [0.2, 0.25) is 5.91 Å². The number of rotatable bonds is 7. The number of nitrogens with zero attached hydrogens (tertiary/aromatic N) is 2. The van der Waals surface area contributed by atoms with Gasteiger partial charge >= 0.3 is 5.97 Å². The number of aromatic hydroxyl groups is 1. The minimum Gasteiger partial charge on any atom is -0.505 e. The van der Waals surface area contributed by atoms with Crippen LogP contribution in [0, 0.1) is 0 Å². The Hall–Kier alpha value is -3.33. The van der Waals surface area contributed by atoms with E-state index in [4.69, 9.17) is 16.7 Å². The fourth-order valence-electron chi connectivity index (χ4n) is 3.43. The van der Waals surface area contributed by atoms with Crippen molar-refractivity contribution in [3.05, 3.63) is 52.8 Å². The van der Waals surface area contributed by atoms with Crippen LogP contribution in [0.15, 0.2) is 36.5 Å². The molecule has 2 amide bonds. The van der Waals surface area contributed by atoms with Gasteiger partial charge in [-0.1, -0.05) is 11.6 Å². The number of halogens is 1. The van der Waals surface area contributed by atoms with E-state index in [1.54, 1.807) is 17.0 Å². The molecule has 0 saturated carbocycles. The maximum atomic E-state index is 12.5. The van der Waals surface area contributed by atoms with Crippen LogP contribution in [0.2, 0.25) is 5.02 Å². The average molecular weight is 447 g/mol. The Kier molecular flexibility index (Phi) is 7.30. The summed E-state index contributed by atoms with van der Waals surface area (Å²) >= 11 is 5.86. The molecule has 31 heavy (non-hydrogen) atoms. The maximum absolute atomic E-state index is 12.5. The van der Waals surface area contributed by atoms with Crippen molar-refractivity contribution in [3.8, 4) is 5.75 Å². The summed E-state index contributed by atoms with van der Waals surface area (Å²) in [4.78, 5) is 40.7. The maximum Gasteiger partial charge on any atom is 0.322 e. The summed E-state index contributed by atoms with van der Waals surface area (Å²) in [7, 11) is 0. The van der Waals surface area contributed by atoms with Crippen molar-refractivity contribution in [1.82, 2.24) is 15.2 Å². The minimum absolute atomic E-state index is 0.000165. The summed E-state index contributed by atoms with van der Waals surface area (Å²) in [5.41, 5.74) is 1.38. The number of carboxylic acids is 1. The second kappa shape index (κ2) is 10.1. The van der Waals surface area contributed by atoms with E-state index in [0.717, 1.165) is 11.3 Å². The van der Waals surface area contributed by atoms with Crippen molar-refractivity contribution in [2.45, 2.75) is 18.8 Å². The second-order valence-corrected chi connectivity index (χ2v) is 7.66. The van der Waals surface area contributed by atoms with Gasteiger partial charge in [0.1, 0.15) is 12.3 Å². The van der Waals surface area contributed by atoms with Crippen LogP contribution < -0.4 is 10.6 Å². The van der Waals surface area contributed by atoms with Crippen molar-refractivity contribution in [3.63, 3.8) is 0 Å². The summed E-state index contributed by atoms with van der Waals surface area (Å²) in [6.07, 6.45) is 2.93. The number of piperidine rings is 1. The average Bonchev–Trinajstić information content (AvgIpc) is 2.77. The monoisotopic (exact) mass is 446 g/mol. The van der Waals surface area contributed by atoms with Crippen molar-refractivity contribution < 1.29 is 24.6 Å². The van der Waals surface area contributed by atoms with Gasteiger partial charge in [0.15, 0.2) is 5.69 Å². The van der Waals surface area contributed by atoms with Crippen molar-refractivity contribution in [2.75, 3.05) is 31.5 Å². The SMILES string of the molecule is O=C(O)CNC(=O)c1ncc(C2CCN(C(=O)CNc3ccc(Cl)cc3)CC2)cc1O. The topological polar surface area (TPSA) is 132 Å². The number of aromatic nitrogens is 1. The largest absolute Gasteiger partial charge is 0.505 e. The second-order valence-electron chi connectivity index (χ2n) is 7.23. The van der Waals surface area contributed by atoms with E-state index in [1.165, 1.54) is 12.3 Å². The third kappa shape index (κ3) is 6.08. The lowest BCUT2D eigenvalue weighted by atomic mass is 9.90. The van der Waals surface area contributed by atoms with Crippen molar-refractivity contribution in [1.29, 1.82) is 0 Å². The van der Waals surface area contributed by atoms with Crippen LogP contribution in [0.4, 0.5) is 5.69 Å². The Balaban J connectivity index is 1.51. The number of hydrogen-bond acceptors (Lipinski definition) is 6. The molecule has 3 rings (SSSR count). The van der Waals surface area contributed by atoms with E-state index in [1.807, 2.05) is 12.1 Å². The summed E-state index contributed by atoms with van der Waals surface area (Å²) in [5, 5.41) is 24.6. The highest BCUT2D eigenvalue weighted by Crippen LogP contribution is 2.30. The first-order chi connectivity index (χ1) is 14.8. The fraction of sp³-hybridized carbons (Fsp3) is 0.333. The van der Waals surface area contributed by atoms with Crippen LogP contribution in [-0.4, -0.2) is 64.1 Å². The van der Waals surface area contributed by atoms with Crippen molar-refractivity contribution >= 4 is 35.1 Å². The number of carbonyl (C=O) groups is 3. The number of carboxylic acid groups (broad SMARTS) is 1. The Morgan fingerprint density at radius 2 is 1.81 bits per heavy atom. The molecule has 1 aliphatic heterocycles. The smallest absolute Gasteiger partial charge is 0.322 e. The lowest BCUT2D eigenvalue weighted by Gasteiger charge is -2.32. The predicted molar refractivity (Wildman–Crippen MR) is 114 cm³/mol. The molecule has 1 aromatic carbocycles. The van der Waals surface area contributed by atoms with Crippen LogP contribution in [0.3, 0.4) is 0 Å². The van der Waals surface area contributed by atoms with Crippen LogP contribution in [0.25, 0.3) is 0 Å². The predicted octanol–water partition coefficient (Wildman–Crippen LogP) is 2.07. The van der Waals surface area contributed by atoms with E-state index in [9.17, 15) is 19.5 Å². The number of likely N-dealkylation sites (tertiary alicyclic amines) is 1. The van der Waals surface area contributed by atoms with Gasteiger partial charge in [-0.15, -0.1) is 0 Å². The third-order valence-electron chi connectivity index (χ3n) is 5.11. The summed E-state index contributed by atoms with van der Waals surface area (Å²) in [5.74, 6) is -2.14. The molecule has 164 valence electrons. The number of nitrogens with one attached hydrogen (secondary N) is 2. The van der Waals surface area contributed by atoms with Crippen LogP contribution >= 0.6 is 11.6 Å². The Morgan fingerprint density at radius 1 is 1.13 bits per heavy atom. The highest BCUT2D eigenvalue weighted by atomic mass is 35.5. The molecule has 0 unspecified atom stereocenters. The van der Waals surface area contributed by atoms with E-state index in [2.05, 4.69) is 15.6 Å². The standard InChI is InChI=1S/C21H23ClN4O5/c22-15-1-3-16(4-2-15)23-11-18(28)26-7-5-13(6-8-26)14-9-17(27)20(24-10-14)21(31)25-12-19(29)30/h1-4,9-10,13,23,27H,5-8,11-12H2,(H,25,31)(H,29,30). The van der Waals surface area contributed by atoms with Gasteiger partial charge in [0, 0.05) is 30.0 Å². The van der Waals surface area contributed by atoms with Gasteiger partial charge in [-0.3, -0.25) is 14.4 Å². The zero-order valence-corrected chi connectivity index (χ0v) is 17.4. The molecule has 1 saturated heterocycles.